The predicted molar refractivity (Wildman–Crippen MR) is 358 cm³/mol. The lowest BCUT2D eigenvalue weighted by Gasteiger charge is -2.28. The van der Waals surface area contributed by atoms with Crippen molar-refractivity contribution in [1.29, 1.82) is 0 Å². The molecule has 0 aliphatic heterocycles. The summed E-state index contributed by atoms with van der Waals surface area (Å²) >= 11 is 1.08. The molecule has 2 aromatic heterocycles. The molecule has 2 amide bonds. The second kappa shape index (κ2) is 32.7. The van der Waals surface area contributed by atoms with Crippen LogP contribution in [0.15, 0.2) is 159 Å². The number of carbonyl (C=O) groups excluding carboxylic acids is 2. The van der Waals surface area contributed by atoms with Crippen LogP contribution in [0.5, 0.6) is 0 Å². The van der Waals surface area contributed by atoms with Crippen LogP contribution in [0.25, 0.3) is 22.3 Å². The van der Waals surface area contributed by atoms with Gasteiger partial charge < -0.3 is 28.7 Å². The van der Waals surface area contributed by atoms with Gasteiger partial charge in [-0.3, -0.25) is 19.2 Å². The molecule has 2 aliphatic carbocycles. The van der Waals surface area contributed by atoms with Crippen molar-refractivity contribution < 1.29 is 95.4 Å². The third-order valence-electron chi connectivity index (χ3n) is 13.6. The Morgan fingerprint density at radius 2 is 1.04 bits per heavy atom. The van der Waals surface area contributed by atoms with Gasteiger partial charge in [-0.25, -0.2) is 8.78 Å². The Bertz CT molecular complexity index is 5880. The molecule has 0 bridgehead atoms. The highest BCUT2D eigenvalue weighted by molar-refractivity contribution is 7.98. The Morgan fingerprint density at radius 1 is 0.547 bits per heavy atom. The topological polar surface area (TPSA) is 117 Å². The fourth-order valence-corrected chi connectivity index (χ4v) is 10.7. The van der Waals surface area contributed by atoms with Crippen LogP contribution >= 0.6 is 23.5 Å². The average molecular weight is 1380 g/mol. The first-order chi connectivity index (χ1) is 59.6. The Hall–Kier alpha value is -7.92. The molecule has 12 nitrogen and oxygen atoms in total. The Morgan fingerprint density at radius 3 is 1.59 bits per heavy atom. The van der Waals surface area contributed by atoms with E-state index in [1.54, 1.807) is 0 Å². The van der Waals surface area contributed by atoms with Gasteiger partial charge in [-0.2, -0.15) is 36.3 Å². The van der Waals surface area contributed by atoms with Crippen molar-refractivity contribution >= 4 is 35.3 Å². The number of alkyl halides is 6. The molecular formula is C73H78F8N8O4S2. The molecule has 8 aromatic rings. The summed E-state index contributed by atoms with van der Waals surface area (Å²) in [5.74, 6) is -6.59. The van der Waals surface area contributed by atoms with Crippen molar-refractivity contribution in [1.82, 2.24) is 38.7 Å². The highest BCUT2D eigenvalue weighted by Gasteiger charge is 2.33. The number of nitrogens with zero attached hydrogens (tertiary/aromatic N) is 8. The van der Waals surface area contributed by atoms with Crippen LogP contribution in [-0.2, 0) is 85.1 Å². The lowest BCUT2D eigenvalue weighted by Crippen LogP contribution is -2.40. The maximum absolute atomic E-state index is 15.3. The number of carbonyl (C=O) groups is 2. The van der Waals surface area contributed by atoms with E-state index in [4.69, 9.17) is 42.5 Å². The lowest BCUT2D eigenvalue weighted by atomic mass is 9.98. The molecule has 0 radical (unpaired) electrons. The van der Waals surface area contributed by atoms with Crippen molar-refractivity contribution in [3.8, 4) is 22.3 Å². The summed E-state index contributed by atoms with van der Waals surface area (Å²) in [5.41, 5.74) is -12.2. The number of hydrogen-bond acceptors (Lipinski definition) is 10. The van der Waals surface area contributed by atoms with Crippen LogP contribution in [0.4, 0.5) is 35.1 Å². The van der Waals surface area contributed by atoms with Gasteiger partial charge in [0.15, 0.2) is 10.3 Å². The molecule has 2 aliphatic rings. The largest absolute Gasteiger partial charge is 0.416 e. The normalized spacial score (nSPS) is 21.6. The number of fused-ring (bicyclic) bond motifs is 2. The zero-order valence-corrected chi connectivity index (χ0v) is 52.1. The molecular weight excluding hydrogens is 1270 g/mol. The summed E-state index contributed by atoms with van der Waals surface area (Å²) < 4.78 is 432. The second-order valence-electron chi connectivity index (χ2n) is 19.8. The summed E-state index contributed by atoms with van der Waals surface area (Å²) in [6.07, 6.45) is -20.1. The van der Waals surface area contributed by atoms with E-state index in [0.717, 1.165) is 49.9 Å². The number of aromatic nitrogens is 4. The maximum atomic E-state index is 15.3. The summed E-state index contributed by atoms with van der Waals surface area (Å²) in [7, 11) is 0. The van der Waals surface area contributed by atoms with E-state index >= 15 is 4.79 Å². The minimum Gasteiger partial charge on any atom is -0.336 e. The number of benzene rings is 6. The van der Waals surface area contributed by atoms with E-state index in [-0.39, 0.29) is 49.0 Å². The molecule has 0 saturated heterocycles. The van der Waals surface area contributed by atoms with Crippen LogP contribution in [0.2, 0.25) is 0 Å². The van der Waals surface area contributed by atoms with Gasteiger partial charge in [0, 0.05) is 97.7 Å². The molecule has 2 heterocycles. The molecule has 0 atom stereocenters. The molecule has 95 heavy (non-hydrogen) atoms. The third-order valence-corrected chi connectivity index (χ3v) is 15.6. The van der Waals surface area contributed by atoms with E-state index in [9.17, 15) is 57.7 Å². The maximum Gasteiger partial charge on any atom is 0.416 e. The molecule has 10 rings (SSSR count). The van der Waals surface area contributed by atoms with Crippen LogP contribution in [0.1, 0.15) is 153 Å². The van der Waals surface area contributed by atoms with Crippen molar-refractivity contribution in [2.24, 2.45) is 0 Å². The number of amides is 2. The van der Waals surface area contributed by atoms with E-state index in [1.807, 2.05) is 0 Å². The predicted octanol–water partition coefficient (Wildman–Crippen LogP) is 14.7. The number of likely N-dealkylation sites (N-methyl/N-ethyl adjacent to an activating group) is 2. The molecule has 0 fully saturated rings. The smallest absolute Gasteiger partial charge is 0.336 e. The molecule has 0 N–H and O–H groups in total. The van der Waals surface area contributed by atoms with Gasteiger partial charge in [0.05, 0.1) is 37.2 Å². The minimum absolute atomic E-state index is 0.0142. The highest BCUT2D eigenvalue weighted by Crippen LogP contribution is 2.36. The summed E-state index contributed by atoms with van der Waals surface area (Å²) in [5, 5.41) is -1.09. The first-order valence-corrected chi connectivity index (χ1v) is 30.0. The van der Waals surface area contributed by atoms with Crippen molar-refractivity contribution in [2.45, 2.75) is 133 Å². The van der Waals surface area contributed by atoms with Crippen LogP contribution in [0, 0.1) is 18.6 Å². The number of halogens is 8. The fourth-order valence-electron chi connectivity index (χ4n) is 8.90. The van der Waals surface area contributed by atoms with Gasteiger partial charge in [-0.1, -0.05) is 148 Å². The monoisotopic (exact) mass is 1380 g/mol. The highest BCUT2D eigenvalue weighted by atomic mass is 32.2. The van der Waals surface area contributed by atoms with E-state index in [1.165, 1.54) is 53.1 Å². The van der Waals surface area contributed by atoms with Gasteiger partial charge in [0.2, 0.25) is 11.8 Å². The first kappa shape index (κ1) is 37.0. The first-order valence-electron chi connectivity index (χ1n) is 46.5. The van der Waals surface area contributed by atoms with Crippen LogP contribution < -0.4 is 11.1 Å². The number of hydrogen-bond donors (Lipinski definition) is 0. The zero-order valence-electron chi connectivity index (χ0n) is 87.4. The molecule has 22 heteroatoms. The Balaban J connectivity index is 0.000000308. The van der Waals surface area contributed by atoms with Crippen LogP contribution in [-0.4, -0.2) is 102 Å². The lowest BCUT2D eigenvalue weighted by molar-refractivity contribution is -0.138. The average Bonchev–Trinajstić information content (AvgIpc) is 1.39. The van der Waals surface area contributed by atoms with E-state index < -0.39 is 287 Å². The summed E-state index contributed by atoms with van der Waals surface area (Å²) in [6, 6.07) is -0.782. The van der Waals surface area contributed by atoms with Gasteiger partial charge >= 0.3 is 12.4 Å². The quantitative estimate of drug-likeness (QED) is 0.0295. The van der Waals surface area contributed by atoms with Gasteiger partial charge in [-0.05, 0) is 164 Å². The molecule has 0 spiro atoms. The fraction of sp³-hybridized carbons (Fsp3) is 0.370. The standard InChI is InChI=1S/C37H40F4N4O2S.C36H38F4N4O2S/c1-4-43(5-2)19-20-44(22-26-9-13-28(14-10-26)29-15-18-32(25(3)21-29)37(39,40)41)34(46)23-45-33-8-6-7-31(33)35(47)42-36(45)48-24-27-11-16-30(38)17-12-27;1-3-42(4-2)20-21-43(22-25-8-12-27(13-9-25)28-14-16-29(17-15-28)36(38,39)40)33(45)23-44-32-7-5-6-31(32)34(46)41-35(44)47-24-26-10-18-30(37)19-11-26/h9-18,21H,4-8,19-20,22-24H2,1-3H3;8-19H,3-7,20-24H2,1-2H3/i4D2,5D2,6D2,7D2,8D2,9D,10D,11D,12D,13D,14D,15D,16D,17D,18D,19D2,20D2,21D,22D2;3D2,4D2,20D2,21D2,22D2. The van der Waals surface area contributed by atoms with Crippen molar-refractivity contribution in [3.05, 3.63) is 233 Å². The minimum atomic E-state index is -5.34. The van der Waals surface area contributed by atoms with Crippen molar-refractivity contribution in [2.75, 3.05) is 52.0 Å². The van der Waals surface area contributed by atoms with Gasteiger partial charge in [-0.15, -0.1) is 0 Å². The zero-order chi connectivity index (χ0) is 101. The number of rotatable bonds is 26. The molecule has 0 unspecified atom stereocenters. The molecule has 0 saturated carbocycles. The summed E-state index contributed by atoms with van der Waals surface area (Å²) in [4.78, 5) is 63.1. The van der Waals surface area contributed by atoms with Gasteiger partial charge in [0.1, 0.15) is 24.7 Å². The van der Waals surface area contributed by atoms with Crippen molar-refractivity contribution in [3.63, 3.8) is 0 Å². The molecule has 6 aromatic carbocycles. The Kier molecular flexibility index (Phi) is 12.7. The number of thioether (sulfide) groups is 2. The SMILES string of the molecule is [2H]C([2H])(C)N(C([2H])([2H])C)C([2H])([2H])C([2H])([2H])N(C(=O)Cn1c(SCc2ccc(F)cc2)nc(=O)c2c1CCC2)C([2H])([2H])c1ccc(-c2ccc(C(F)(F)F)cc2)cc1.[2H]c1c([2H])c(CSc2nc(=O)c3c(n2CC(=O)N(C([2H])([2H])c2c([2H])c([2H])c(-c4c([2H])c([2H])c(C(F)(F)F)c(C)c4[2H])c([2H])c2[2H])C([2H])([2H])C([2H])([2H])N(C([2H])([2H])C)C([2H])([2H])C)C([2H])([2H])C([2H])([2H])C3([2H])[2H])c([2H])c([2H])c1F. The summed E-state index contributed by atoms with van der Waals surface area (Å²) in [6.45, 7) is -36.6. The third kappa shape index (κ3) is 19.0. The van der Waals surface area contributed by atoms with E-state index in [2.05, 4.69) is 9.97 Å². The van der Waals surface area contributed by atoms with E-state index in [0.29, 0.717) is 56.0 Å². The van der Waals surface area contributed by atoms with Gasteiger partial charge in [0.25, 0.3) is 11.1 Å². The Labute approximate surface area is 609 Å². The second-order valence-corrected chi connectivity index (χ2v) is 21.7. The molecule has 502 valence electrons. The van der Waals surface area contributed by atoms with Crippen LogP contribution in [0.3, 0.4) is 0 Å².